The largest absolute Gasteiger partial charge is 0.478 e. The van der Waals surface area contributed by atoms with E-state index in [0.717, 1.165) is 27.1 Å². The van der Waals surface area contributed by atoms with Crippen LogP contribution in [0.1, 0.15) is 54.4 Å². The summed E-state index contributed by atoms with van der Waals surface area (Å²) in [7, 11) is 0. The zero-order chi connectivity index (χ0) is 13.2. The van der Waals surface area contributed by atoms with E-state index in [2.05, 4.69) is 21.3 Å². The van der Waals surface area contributed by atoms with Crippen molar-refractivity contribution in [3.05, 3.63) is 20.3 Å². The number of carboxylic acid groups (broad SMARTS) is 1. The van der Waals surface area contributed by atoms with Gasteiger partial charge >= 0.3 is 5.97 Å². The Morgan fingerprint density at radius 3 is 2.21 bits per heavy atom. The van der Waals surface area contributed by atoms with Crippen molar-refractivity contribution in [2.24, 2.45) is 17.8 Å². The molecule has 0 atom stereocenters. The summed E-state index contributed by atoms with van der Waals surface area (Å²) in [5.41, 5.74) is 1.87. The van der Waals surface area contributed by atoms with Gasteiger partial charge in [-0.2, -0.15) is 0 Å². The van der Waals surface area contributed by atoms with Crippen LogP contribution in [0.4, 0.5) is 0 Å². The highest BCUT2D eigenvalue weighted by atomic mass is 79.9. The van der Waals surface area contributed by atoms with E-state index in [1.807, 2.05) is 0 Å². The zero-order valence-corrected chi connectivity index (χ0v) is 13.1. The molecule has 0 aliphatic heterocycles. The molecule has 0 radical (unpaired) electrons. The molecule has 4 saturated carbocycles. The van der Waals surface area contributed by atoms with Crippen LogP contribution >= 0.6 is 27.3 Å². The van der Waals surface area contributed by atoms with Gasteiger partial charge in [-0.05, 0) is 88.6 Å². The molecule has 0 unspecified atom stereocenters. The summed E-state index contributed by atoms with van der Waals surface area (Å²) in [6, 6.07) is 0. The lowest BCUT2D eigenvalue weighted by atomic mass is 9.48. The van der Waals surface area contributed by atoms with Crippen LogP contribution in [0.25, 0.3) is 0 Å². The lowest BCUT2D eigenvalue weighted by Gasteiger charge is -2.57. The molecule has 2 nitrogen and oxygen atoms in total. The summed E-state index contributed by atoms with van der Waals surface area (Å²) in [4.78, 5) is 11.6. The van der Waals surface area contributed by atoms with Crippen LogP contribution in [-0.2, 0) is 5.41 Å². The first kappa shape index (κ1) is 12.4. The summed E-state index contributed by atoms with van der Waals surface area (Å²) < 4.78 is 0.797. The number of halogens is 1. The molecule has 4 heteroatoms. The fourth-order valence-electron chi connectivity index (χ4n) is 5.36. The Labute approximate surface area is 125 Å². The monoisotopic (exact) mass is 340 g/mol. The molecular formula is C15H17BrO2S. The summed E-state index contributed by atoms with van der Waals surface area (Å²) >= 11 is 4.98. The maximum atomic E-state index is 11.6. The Morgan fingerprint density at radius 2 is 1.74 bits per heavy atom. The fraction of sp³-hybridized carbons (Fsp3) is 0.667. The molecule has 4 bridgehead atoms. The Kier molecular flexibility index (Phi) is 2.66. The van der Waals surface area contributed by atoms with Gasteiger partial charge in [0.05, 0.1) is 9.35 Å². The third kappa shape index (κ3) is 1.75. The second-order valence-corrected chi connectivity index (χ2v) is 9.00. The van der Waals surface area contributed by atoms with Gasteiger partial charge in [-0.25, -0.2) is 4.79 Å². The number of hydrogen-bond acceptors (Lipinski definition) is 2. The van der Waals surface area contributed by atoms with Crippen molar-refractivity contribution in [2.75, 3.05) is 0 Å². The molecule has 102 valence electrons. The summed E-state index contributed by atoms with van der Waals surface area (Å²) in [5, 5.41) is 11.6. The summed E-state index contributed by atoms with van der Waals surface area (Å²) in [6.45, 7) is 0. The van der Waals surface area contributed by atoms with Gasteiger partial charge in [0.2, 0.25) is 0 Å². The normalized spacial score (nSPS) is 39.7. The molecule has 1 N–H and O–H groups in total. The number of aromatic carboxylic acids is 1. The van der Waals surface area contributed by atoms with Crippen LogP contribution < -0.4 is 0 Å². The van der Waals surface area contributed by atoms with Gasteiger partial charge in [-0.15, -0.1) is 11.3 Å². The highest BCUT2D eigenvalue weighted by Crippen LogP contribution is 2.61. The highest BCUT2D eigenvalue weighted by Gasteiger charge is 2.53. The maximum Gasteiger partial charge on any atom is 0.338 e. The minimum absolute atomic E-state index is 0.186. The SMILES string of the molecule is O=C(O)c1c(C23CC4CC(CC(C4)C2)C3)csc1Br. The van der Waals surface area contributed by atoms with Gasteiger partial charge in [0.1, 0.15) is 0 Å². The molecule has 0 spiro atoms. The molecule has 1 heterocycles. The van der Waals surface area contributed by atoms with E-state index in [0.29, 0.717) is 5.56 Å². The van der Waals surface area contributed by atoms with Crippen LogP contribution in [0.2, 0.25) is 0 Å². The van der Waals surface area contributed by atoms with Crippen LogP contribution in [0.15, 0.2) is 9.17 Å². The van der Waals surface area contributed by atoms with Crippen molar-refractivity contribution >= 4 is 33.2 Å². The topological polar surface area (TPSA) is 37.3 Å². The van der Waals surface area contributed by atoms with Gasteiger partial charge < -0.3 is 5.11 Å². The zero-order valence-electron chi connectivity index (χ0n) is 10.7. The molecule has 0 aromatic carbocycles. The number of carboxylic acids is 1. The maximum absolute atomic E-state index is 11.6. The molecule has 19 heavy (non-hydrogen) atoms. The summed E-state index contributed by atoms with van der Waals surface area (Å²) in [5.74, 6) is 1.79. The molecule has 1 aromatic heterocycles. The molecule has 0 amide bonds. The lowest BCUT2D eigenvalue weighted by molar-refractivity contribution is -0.00563. The van der Waals surface area contributed by atoms with E-state index < -0.39 is 5.97 Å². The van der Waals surface area contributed by atoms with Crippen LogP contribution in [0.5, 0.6) is 0 Å². The third-order valence-electron chi connectivity index (χ3n) is 5.57. The van der Waals surface area contributed by atoms with Crippen molar-refractivity contribution < 1.29 is 9.90 Å². The van der Waals surface area contributed by atoms with Crippen molar-refractivity contribution in [3.63, 3.8) is 0 Å². The van der Waals surface area contributed by atoms with E-state index in [4.69, 9.17) is 0 Å². The highest BCUT2D eigenvalue weighted by molar-refractivity contribution is 9.11. The standard InChI is InChI=1S/C15H17BrO2S/c16-13-12(14(17)18)11(7-19-13)15-4-8-1-9(5-15)3-10(2-8)6-15/h7-10H,1-6H2,(H,17,18). The van der Waals surface area contributed by atoms with Crippen molar-refractivity contribution in [1.29, 1.82) is 0 Å². The second-order valence-electron chi connectivity index (χ2n) is 6.80. The van der Waals surface area contributed by atoms with E-state index >= 15 is 0 Å². The van der Waals surface area contributed by atoms with Crippen LogP contribution in [-0.4, -0.2) is 11.1 Å². The van der Waals surface area contributed by atoms with Gasteiger partial charge in [0, 0.05) is 0 Å². The first-order valence-electron chi connectivity index (χ1n) is 7.08. The van der Waals surface area contributed by atoms with Crippen LogP contribution in [0.3, 0.4) is 0 Å². The second kappa shape index (κ2) is 4.08. The molecule has 4 fully saturated rings. The first-order chi connectivity index (χ1) is 9.07. The quantitative estimate of drug-likeness (QED) is 0.848. The van der Waals surface area contributed by atoms with Crippen molar-refractivity contribution in [2.45, 2.75) is 43.9 Å². The van der Waals surface area contributed by atoms with E-state index in [1.165, 1.54) is 38.5 Å². The van der Waals surface area contributed by atoms with Crippen molar-refractivity contribution in [3.8, 4) is 0 Å². The fourth-order valence-corrected chi connectivity index (χ4v) is 6.93. The first-order valence-corrected chi connectivity index (χ1v) is 8.75. The third-order valence-corrected chi connectivity index (χ3v) is 7.29. The van der Waals surface area contributed by atoms with Gasteiger partial charge in [-0.3, -0.25) is 0 Å². The average molecular weight is 341 g/mol. The van der Waals surface area contributed by atoms with E-state index in [9.17, 15) is 9.90 Å². The van der Waals surface area contributed by atoms with Gasteiger partial charge in [0.15, 0.2) is 0 Å². The Bertz CT molecular complexity index is 513. The van der Waals surface area contributed by atoms with Crippen LogP contribution in [0, 0.1) is 17.8 Å². The van der Waals surface area contributed by atoms with Crippen molar-refractivity contribution in [1.82, 2.24) is 0 Å². The molecule has 4 aliphatic rings. The Balaban J connectivity index is 1.82. The Hall–Kier alpha value is -0.350. The molecule has 4 aliphatic carbocycles. The number of rotatable bonds is 2. The van der Waals surface area contributed by atoms with E-state index in [1.54, 1.807) is 11.3 Å². The molecular weight excluding hydrogens is 324 g/mol. The lowest BCUT2D eigenvalue weighted by Crippen LogP contribution is -2.48. The molecule has 0 saturated heterocycles. The number of thiophene rings is 1. The minimum Gasteiger partial charge on any atom is -0.478 e. The predicted molar refractivity (Wildman–Crippen MR) is 78.8 cm³/mol. The Morgan fingerprint density at radius 1 is 1.21 bits per heavy atom. The minimum atomic E-state index is -0.765. The van der Waals surface area contributed by atoms with Gasteiger partial charge in [0.25, 0.3) is 0 Å². The smallest absolute Gasteiger partial charge is 0.338 e. The molecule has 1 aromatic rings. The molecule has 5 rings (SSSR count). The summed E-state index contributed by atoms with van der Waals surface area (Å²) in [6.07, 6.45) is 7.86. The number of carbonyl (C=O) groups is 1. The average Bonchev–Trinajstić information content (AvgIpc) is 2.70. The number of hydrogen-bond donors (Lipinski definition) is 1. The predicted octanol–water partition coefficient (Wildman–Crippen LogP) is 4.68. The van der Waals surface area contributed by atoms with E-state index in [-0.39, 0.29) is 5.41 Å². The van der Waals surface area contributed by atoms with Gasteiger partial charge in [-0.1, -0.05) is 0 Å².